The minimum atomic E-state index is -0.370. The van der Waals surface area contributed by atoms with Crippen LogP contribution in [-0.4, -0.2) is 43.5 Å². The van der Waals surface area contributed by atoms with Crippen LogP contribution in [0.15, 0.2) is 73.1 Å². The fourth-order valence-electron chi connectivity index (χ4n) is 5.93. The van der Waals surface area contributed by atoms with Crippen LogP contribution in [-0.2, 0) is 0 Å². The Kier molecular flexibility index (Phi) is 8.84. The molecule has 6 rings (SSSR count). The molecule has 0 amide bonds. The van der Waals surface area contributed by atoms with Gasteiger partial charge in [0.25, 0.3) is 0 Å². The third-order valence-electron chi connectivity index (χ3n) is 8.43. The van der Waals surface area contributed by atoms with Gasteiger partial charge >= 0.3 is 0 Å². The van der Waals surface area contributed by atoms with Crippen molar-refractivity contribution in [3.8, 4) is 12.1 Å². The van der Waals surface area contributed by atoms with Gasteiger partial charge in [0, 0.05) is 46.6 Å². The molecule has 1 atom stereocenters. The zero-order chi connectivity index (χ0) is 32.4. The molecule has 2 aromatic heterocycles. The first-order chi connectivity index (χ1) is 22.1. The molecule has 2 N–H and O–H groups in total. The van der Waals surface area contributed by atoms with E-state index >= 15 is 0 Å². The van der Waals surface area contributed by atoms with Gasteiger partial charge in [0.2, 0.25) is 0 Å². The second-order valence-corrected chi connectivity index (χ2v) is 13.3. The zero-order valence-electron chi connectivity index (χ0n) is 25.8. The van der Waals surface area contributed by atoms with Crippen molar-refractivity contribution in [1.82, 2.24) is 24.9 Å². The normalized spacial score (nSPS) is 14.8. The summed E-state index contributed by atoms with van der Waals surface area (Å²) in [6.07, 6.45) is 5.52. The largest absolute Gasteiger partial charge is 0.373 e. The molecule has 3 heterocycles. The maximum absolute atomic E-state index is 9.96. The van der Waals surface area contributed by atoms with Crippen molar-refractivity contribution in [1.29, 1.82) is 10.5 Å². The van der Waals surface area contributed by atoms with Gasteiger partial charge in [-0.3, -0.25) is 9.88 Å². The van der Waals surface area contributed by atoms with Crippen molar-refractivity contribution < 1.29 is 0 Å². The lowest BCUT2D eigenvalue weighted by molar-refractivity contribution is 0.0866. The highest BCUT2D eigenvalue weighted by Gasteiger charge is 2.29. The number of piperidine rings is 1. The Labute approximate surface area is 278 Å². The number of pyridine rings is 1. The standard InChI is InChI=1S/C35H33Cl2N9/c1-35(2,3)45-13-11-28(12-14-45)46-21-31(43-44-46)33(23-7-9-25(36)10-8-23)42-27-16-29-32(41-26-6-4-5-22(15-26)18-38)24(19-39)20-40-34(29)30(37)17-27/h4-10,15-17,20-21,28,33,42H,11-14H2,1-3H3,(H,40,41). The molecule has 5 aromatic rings. The molecular formula is C35H33Cl2N9. The molecular weight excluding hydrogens is 617 g/mol. The van der Waals surface area contributed by atoms with E-state index < -0.39 is 0 Å². The molecule has 1 saturated heterocycles. The number of benzene rings is 3. The van der Waals surface area contributed by atoms with E-state index in [1.807, 2.05) is 53.3 Å². The minimum absolute atomic E-state index is 0.142. The summed E-state index contributed by atoms with van der Waals surface area (Å²) in [7, 11) is 0. The number of likely N-dealkylation sites (tertiary alicyclic amines) is 1. The lowest BCUT2D eigenvalue weighted by Crippen LogP contribution is -2.46. The number of nitriles is 2. The first-order valence-corrected chi connectivity index (χ1v) is 15.9. The number of anilines is 3. The predicted octanol–water partition coefficient (Wildman–Crippen LogP) is 8.26. The van der Waals surface area contributed by atoms with Crippen molar-refractivity contribution in [2.75, 3.05) is 23.7 Å². The van der Waals surface area contributed by atoms with Crippen molar-refractivity contribution in [3.63, 3.8) is 0 Å². The molecule has 46 heavy (non-hydrogen) atoms. The number of aromatic nitrogens is 4. The summed E-state index contributed by atoms with van der Waals surface area (Å²) in [4.78, 5) is 7.00. The van der Waals surface area contributed by atoms with E-state index in [1.165, 1.54) is 6.20 Å². The van der Waals surface area contributed by atoms with Gasteiger partial charge in [-0.15, -0.1) is 5.10 Å². The molecule has 1 aliphatic rings. The number of rotatable bonds is 7. The van der Waals surface area contributed by atoms with Crippen LogP contribution in [0.3, 0.4) is 0 Å². The molecule has 0 aliphatic carbocycles. The Balaban J connectivity index is 1.36. The molecule has 1 fully saturated rings. The van der Waals surface area contributed by atoms with Crippen molar-refractivity contribution in [3.05, 3.63) is 105 Å². The Hall–Kier alpha value is -4.67. The van der Waals surface area contributed by atoms with Crippen LogP contribution in [0.25, 0.3) is 10.9 Å². The lowest BCUT2D eigenvalue weighted by Gasteiger charge is -2.40. The Morgan fingerprint density at radius 1 is 0.957 bits per heavy atom. The molecule has 0 saturated carbocycles. The molecule has 11 heteroatoms. The minimum Gasteiger partial charge on any atom is -0.373 e. The fourth-order valence-corrected chi connectivity index (χ4v) is 6.32. The zero-order valence-corrected chi connectivity index (χ0v) is 27.3. The molecule has 1 unspecified atom stereocenters. The molecule has 0 spiro atoms. The molecule has 3 aromatic carbocycles. The van der Waals surface area contributed by atoms with Gasteiger partial charge in [0.15, 0.2) is 0 Å². The summed E-state index contributed by atoms with van der Waals surface area (Å²) in [5.74, 6) is 0. The topological polar surface area (TPSA) is 118 Å². The summed E-state index contributed by atoms with van der Waals surface area (Å²) in [5.41, 5.74) is 5.15. The highest BCUT2D eigenvalue weighted by Crippen LogP contribution is 2.37. The predicted molar refractivity (Wildman–Crippen MR) is 182 cm³/mol. The van der Waals surface area contributed by atoms with E-state index in [0.717, 1.165) is 37.2 Å². The molecule has 0 radical (unpaired) electrons. The molecule has 1 aliphatic heterocycles. The maximum Gasteiger partial charge on any atom is 0.109 e. The van der Waals surface area contributed by atoms with Crippen LogP contribution in [0, 0.1) is 22.7 Å². The second-order valence-electron chi connectivity index (χ2n) is 12.5. The van der Waals surface area contributed by atoms with Crippen LogP contribution < -0.4 is 10.6 Å². The van der Waals surface area contributed by atoms with Gasteiger partial charge in [-0.25, -0.2) is 4.68 Å². The number of nitrogens with zero attached hydrogens (tertiary/aromatic N) is 7. The smallest absolute Gasteiger partial charge is 0.109 e. The Bertz CT molecular complexity index is 1960. The third-order valence-corrected chi connectivity index (χ3v) is 8.97. The maximum atomic E-state index is 9.96. The van der Waals surface area contributed by atoms with Crippen LogP contribution in [0.4, 0.5) is 17.1 Å². The Morgan fingerprint density at radius 2 is 1.72 bits per heavy atom. The first-order valence-electron chi connectivity index (χ1n) is 15.1. The third kappa shape index (κ3) is 6.63. The van der Waals surface area contributed by atoms with E-state index in [1.54, 1.807) is 18.2 Å². The number of hydrogen-bond acceptors (Lipinski definition) is 8. The SMILES string of the molecule is CC(C)(C)N1CCC(n2cc(C(Nc3cc(Cl)c4ncc(C#N)c(Nc5cccc(C#N)c5)c4c3)c3ccc(Cl)cc3)nn2)CC1. The van der Waals surface area contributed by atoms with Gasteiger partial charge in [-0.2, -0.15) is 10.5 Å². The summed E-state index contributed by atoms with van der Waals surface area (Å²) < 4.78 is 1.99. The van der Waals surface area contributed by atoms with Crippen LogP contribution in [0.1, 0.15) is 68.1 Å². The quantitative estimate of drug-likeness (QED) is 0.181. The van der Waals surface area contributed by atoms with E-state index in [0.29, 0.717) is 49.1 Å². The van der Waals surface area contributed by atoms with E-state index in [-0.39, 0.29) is 17.6 Å². The van der Waals surface area contributed by atoms with E-state index in [4.69, 9.17) is 23.2 Å². The van der Waals surface area contributed by atoms with Gasteiger partial charge in [0.1, 0.15) is 11.8 Å². The number of halogens is 2. The fraction of sp³-hybridized carbons (Fsp3) is 0.286. The summed E-state index contributed by atoms with van der Waals surface area (Å²) in [6, 6.07) is 22.7. The molecule has 232 valence electrons. The van der Waals surface area contributed by atoms with Crippen molar-refractivity contribution >= 4 is 51.2 Å². The number of nitrogens with one attached hydrogen (secondary N) is 2. The van der Waals surface area contributed by atoms with Crippen LogP contribution in [0.2, 0.25) is 10.0 Å². The molecule has 0 bridgehead atoms. The monoisotopic (exact) mass is 649 g/mol. The Morgan fingerprint density at radius 3 is 2.41 bits per heavy atom. The number of fused-ring (bicyclic) bond motifs is 1. The van der Waals surface area contributed by atoms with Crippen molar-refractivity contribution in [2.24, 2.45) is 0 Å². The average Bonchev–Trinajstić information content (AvgIpc) is 3.54. The average molecular weight is 651 g/mol. The first kappa shape index (κ1) is 31.3. The summed E-state index contributed by atoms with van der Waals surface area (Å²) >= 11 is 13.1. The van der Waals surface area contributed by atoms with Gasteiger partial charge in [0.05, 0.1) is 51.7 Å². The van der Waals surface area contributed by atoms with E-state index in [2.05, 4.69) is 63.7 Å². The van der Waals surface area contributed by atoms with Gasteiger partial charge in [-0.05, 0) is 81.6 Å². The number of hydrogen-bond donors (Lipinski definition) is 2. The lowest BCUT2D eigenvalue weighted by atomic mass is 9.98. The summed E-state index contributed by atoms with van der Waals surface area (Å²) in [6.45, 7) is 8.78. The van der Waals surface area contributed by atoms with Gasteiger partial charge < -0.3 is 10.6 Å². The summed E-state index contributed by atoms with van der Waals surface area (Å²) in [5, 5.41) is 37.2. The van der Waals surface area contributed by atoms with Crippen molar-refractivity contribution in [2.45, 2.75) is 51.2 Å². The van der Waals surface area contributed by atoms with Crippen LogP contribution >= 0.6 is 23.2 Å². The molecule has 9 nitrogen and oxygen atoms in total. The second kappa shape index (κ2) is 13.0. The van der Waals surface area contributed by atoms with Gasteiger partial charge in [-0.1, -0.05) is 46.6 Å². The highest BCUT2D eigenvalue weighted by molar-refractivity contribution is 6.36. The highest BCUT2D eigenvalue weighted by atomic mass is 35.5. The van der Waals surface area contributed by atoms with Crippen LogP contribution in [0.5, 0.6) is 0 Å². The van der Waals surface area contributed by atoms with E-state index in [9.17, 15) is 10.5 Å².